The minimum atomic E-state index is -0.682. The number of halogens is 2. The molecule has 4 aromatic rings. The lowest BCUT2D eigenvalue weighted by atomic mass is 10.0. The molecule has 11 heteroatoms. The molecule has 0 radical (unpaired) electrons. The molecule has 0 saturated carbocycles. The maximum atomic E-state index is 14.9. The first-order valence-electron chi connectivity index (χ1n) is 10.3. The Morgan fingerprint density at radius 1 is 0.970 bits per heavy atom. The highest BCUT2D eigenvalue weighted by Crippen LogP contribution is 2.24. The van der Waals surface area contributed by atoms with E-state index >= 15 is 0 Å². The van der Waals surface area contributed by atoms with Crippen molar-refractivity contribution in [3.05, 3.63) is 83.9 Å². The highest BCUT2D eigenvalue weighted by atomic mass is 19.1. The van der Waals surface area contributed by atoms with Crippen LogP contribution in [0.15, 0.2) is 61.2 Å². The van der Waals surface area contributed by atoms with Crippen molar-refractivity contribution < 1.29 is 18.3 Å². The van der Waals surface area contributed by atoms with Gasteiger partial charge in [0, 0.05) is 6.54 Å². The summed E-state index contributed by atoms with van der Waals surface area (Å²) in [7, 11) is 0. The Hall–Kier alpha value is -3.99. The summed E-state index contributed by atoms with van der Waals surface area (Å²) in [6.07, 6.45) is 6.12. The van der Waals surface area contributed by atoms with E-state index in [1.807, 2.05) is 0 Å². The predicted octanol–water partition coefficient (Wildman–Crippen LogP) is 2.21. The number of amides is 1. The summed E-state index contributed by atoms with van der Waals surface area (Å²) in [5.74, 6) is -1.63. The fraction of sp³-hybridized carbons (Fsp3) is 0.227. The lowest BCUT2D eigenvalue weighted by Crippen LogP contribution is -2.50. The second-order valence-corrected chi connectivity index (χ2v) is 7.48. The van der Waals surface area contributed by atoms with Gasteiger partial charge in [0.15, 0.2) is 0 Å². The molecule has 3 heterocycles. The van der Waals surface area contributed by atoms with E-state index in [4.69, 9.17) is 4.74 Å². The Kier molecular flexibility index (Phi) is 5.61. The molecule has 1 fully saturated rings. The second-order valence-electron chi connectivity index (χ2n) is 7.48. The number of carbonyl (C=O) groups is 1. The van der Waals surface area contributed by atoms with Crippen molar-refractivity contribution in [2.24, 2.45) is 0 Å². The van der Waals surface area contributed by atoms with Crippen molar-refractivity contribution in [3.63, 3.8) is 0 Å². The minimum Gasteiger partial charge on any atom is -0.377 e. The molecule has 9 nitrogen and oxygen atoms in total. The van der Waals surface area contributed by atoms with E-state index < -0.39 is 23.6 Å². The first-order chi connectivity index (χ1) is 16.1. The molecule has 0 N–H and O–H groups in total. The van der Waals surface area contributed by atoms with Crippen molar-refractivity contribution in [1.82, 2.24) is 34.9 Å². The summed E-state index contributed by atoms with van der Waals surface area (Å²) in [6, 6.07) is 8.33. The van der Waals surface area contributed by atoms with Crippen LogP contribution in [0.1, 0.15) is 15.9 Å². The van der Waals surface area contributed by atoms with Gasteiger partial charge in [0.25, 0.3) is 5.91 Å². The number of hydrogen-bond donors (Lipinski definition) is 0. The molecule has 1 saturated heterocycles. The van der Waals surface area contributed by atoms with Gasteiger partial charge >= 0.3 is 0 Å². The Morgan fingerprint density at radius 2 is 1.70 bits per heavy atom. The number of benzene rings is 2. The number of rotatable bonds is 5. The second kappa shape index (κ2) is 8.87. The van der Waals surface area contributed by atoms with Crippen molar-refractivity contribution in [2.75, 3.05) is 19.8 Å². The summed E-state index contributed by atoms with van der Waals surface area (Å²) in [5, 5.41) is 16.2. The fourth-order valence-electron chi connectivity index (χ4n) is 3.91. The number of nitrogens with zero attached hydrogens (tertiary/aromatic N) is 7. The Bertz CT molecular complexity index is 1260. The summed E-state index contributed by atoms with van der Waals surface area (Å²) < 4.78 is 35.1. The Labute approximate surface area is 187 Å². The normalized spacial score (nSPS) is 16.2. The van der Waals surface area contributed by atoms with E-state index in [0.717, 1.165) is 0 Å². The van der Waals surface area contributed by atoms with Crippen LogP contribution in [0.3, 0.4) is 0 Å². The van der Waals surface area contributed by atoms with Gasteiger partial charge in [-0.25, -0.2) is 8.78 Å². The molecule has 5 rings (SSSR count). The number of ether oxygens (including phenoxy) is 1. The zero-order valence-electron chi connectivity index (χ0n) is 17.4. The topological polar surface area (TPSA) is 91.0 Å². The quantitative estimate of drug-likeness (QED) is 0.462. The molecule has 2 aromatic heterocycles. The predicted molar refractivity (Wildman–Crippen MR) is 112 cm³/mol. The summed E-state index contributed by atoms with van der Waals surface area (Å²) in [5.41, 5.74) is 1.05. The van der Waals surface area contributed by atoms with Crippen molar-refractivity contribution in [2.45, 2.75) is 12.5 Å². The van der Waals surface area contributed by atoms with Crippen molar-refractivity contribution in [3.8, 4) is 11.4 Å². The van der Waals surface area contributed by atoms with E-state index in [9.17, 15) is 13.6 Å². The maximum absolute atomic E-state index is 14.9. The molecular weight excluding hydrogens is 432 g/mol. The third-order valence-electron chi connectivity index (χ3n) is 5.46. The number of hydrogen-bond acceptors (Lipinski definition) is 6. The molecule has 0 spiro atoms. The standard InChI is InChI=1S/C22H19F2N7O2/c23-18-5-4-16(30-25-6-7-26-30)12-15(18)13-17-14-33-11-10-29(17)22(32)21-19(24)2-1-3-20(21)31-27-8-9-28-31/h1-9,12,17H,10-11,13-14H2. The molecule has 1 atom stereocenters. The molecule has 0 aliphatic carbocycles. The van der Waals surface area contributed by atoms with Gasteiger partial charge in [-0.3, -0.25) is 4.79 Å². The largest absolute Gasteiger partial charge is 0.377 e. The summed E-state index contributed by atoms with van der Waals surface area (Å²) in [6.45, 7) is 0.733. The van der Waals surface area contributed by atoms with Gasteiger partial charge in [-0.05, 0) is 42.3 Å². The monoisotopic (exact) mass is 451 g/mol. The minimum absolute atomic E-state index is 0.143. The number of morpholine rings is 1. The van der Waals surface area contributed by atoms with Crippen LogP contribution in [0, 0.1) is 11.6 Å². The van der Waals surface area contributed by atoms with Crippen molar-refractivity contribution >= 4 is 5.91 Å². The zero-order chi connectivity index (χ0) is 22.8. The molecule has 1 aliphatic rings. The van der Waals surface area contributed by atoms with Crippen LogP contribution < -0.4 is 0 Å². The first-order valence-corrected chi connectivity index (χ1v) is 10.3. The van der Waals surface area contributed by atoms with Crippen LogP contribution >= 0.6 is 0 Å². The lowest BCUT2D eigenvalue weighted by Gasteiger charge is -2.36. The van der Waals surface area contributed by atoms with Crippen LogP contribution in [0.5, 0.6) is 0 Å². The molecule has 33 heavy (non-hydrogen) atoms. The SMILES string of the molecule is O=C(c1c(F)cccc1-n1nccn1)N1CCOCC1Cc1cc(-n2nccn2)ccc1F. The number of carbonyl (C=O) groups excluding carboxylic acids is 1. The number of aromatic nitrogens is 6. The third-order valence-corrected chi connectivity index (χ3v) is 5.46. The first kappa shape index (κ1) is 20.9. The molecule has 2 aromatic carbocycles. The lowest BCUT2D eigenvalue weighted by molar-refractivity contribution is -0.00209. The zero-order valence-corrected chi connectivity index (χ0v) is 17.4. The van der Waals surface area contributed by atoms with Crippen molar-refractivity contribution in [1.29, 1.82) is 0 Å². The summed E-state index contributed by atoms with van der Waals surface area (Å²) >= 11 is 0. The van der Waals surface area contributed by atoms with Gasteiger partial charge in [0.05, 0.1) is 49.7 Å². The average Bonchev–Trinajstić information content (AvgIpc) is 3.55. The van der Waals surface area contributed by atoms with Crippen LogP contribution in [0.25, 0.3) is 11.4 Å². The summed E-state index contributed by atoms with van der Waals surface area (Å²) in [4.78, 5) is 17.6. The highest BCUT2D eigenvalue weighted by Gasteiger charge is 2.32. The van der Waals surface area contributed by atoms with Gasteiger partial charge in [0.2, 0.25) is 0 Å². The fourth-order valence-corrected chi connectivity index (χ4v) is 3.91. The van der Waals surface area contributed by atoms with Crippen LogP contribution in [-0.2, 0) is 11.2 Å². The van der Waals surface area contributed by atoms with Gasteiger partial charge in [-0.2, -0.15) is 30.0 Å². The van der Waals surface area contributed by atoms with E-state index in [0.29, 0.717) is 17.9 Å². The van der Waals surface area contributed by atoms with Crippen LogP contribution in [0.4, 0.5) is 8.78 Å². The van der Waals surface area contributed by atoms with E-state index in [1.165, 1.54) is 57.5 Å². The van der Waals surface area contributed by atoms with E-state index in [-0.39, 0.29) is 30.8 Å². The molecular formula is C22H19F2N7O2. The smallest absolute Gasteiger partial charge is 0.259 e. The average molecular weight is 451 g/mol. The molecule has 168 valence electrons. The molecule has 1 unspecified atom stereocenters. The third kappa shape index (κ3) is 4.10. The van der Waals surface area contributed by atoms with Crippen LogP contribution in [-0.4, -0.2) is 66.6 Å². The molecule has 1 aliphatic heterocycles. The van der Waals surface area contributed by atoms with Gasteiger partial charge < -0.3 is 9.64 Å². The molecule has 1 amide bonds. The van der Waals surface area contributed by atoms with Gasteiger partial charge in [-0.15, -0.1) is 0 Å². The highest BCUT2D eigenvalue weighted by molar-refractivity contribution is 5.98. The van der Waals surface area contributed by atoms with Gasteiger partial charge in [0.1, 0.15) is 22.9 Å². The molecule has 0 bridgehead atoms. The maximum Gasteiger partial charge on any atom is 0.259 e. The Balaban J connectivity index is 1.46. The van der Waals surface area contributed by atoms with E-state index in [2.05, 4.69) is 20.4 Å². The van der Waals surface area contributed by atoms with Gasteiger partial charge in [-0.1, -0.05) is 6.07 Å². The Morgan fingerprint density at radius 3 is 2.45 bits per heavy atom. The van der Waals surface area contributed by atoms with E-state index in [1.54, 1.807) is 18.2 Å². The van der Waals surface area contributed by atoms with Crippen LogP contribution in [0.2, 0.25) is 0 Å².